The van der Waals surface area contributed by atoms with Gasteiger partial charge in [-0.05, 0) is 12.8 Å². The maximum Gasteiger partial charge on any atom is 0.338 e. The molecule has 0 unspecified atom stereocenters. The number of aliphatic hydroxyl groups is 1. The molecule has 2 saturated carbocycles. The minimum absolute atomic E-state index is 0.190. The van der Waals surface area contributed by atoms with Gasteiger partial charge in [0.05, 0.1) is 6.10 Å². The van der Waals surface area contributed by atoms with Crippen LogP contribution in [0.3, 0.4) is 0 Å². The van der Waals surface area contributed by atoms with E-state index in [0.29, 0.717) is 12.8 Å². The first-order valence-corrected chi connectivity index (χ1v) is 7.39. The summed E-state index contributed by atoms with van der Waals surface area (Å²) in [5.74, 6) is -0.993. The predicted molar refractivity (Wildman–Crippen MR) is 64.2 cm³/mol. The SMILES string of the molecule is O=C1O[C@H]2C[C@@]1(O)C[C@@H]1OC3(CCCCCC3)O[C@@H]21. The van der Waals surface area contributed by atoms with Crippen molar-refractivity contribution in [2.24, 2.45) is 0 Å². The van der Waals surface area contributed by atoms with Crippen LogP contribution < -0.4 is 0 Å². The summed E-state index contributed by atoms with van der Waals surface area (Å²) in [5, 5.41) is 10.3. The Kier molecular flexibility index (Phi) is 2.51. The van der Waals surface area contributed by atoms with Gasteiger partial charge in [-0.15, -0.1) is 0 Å². The molecule has 2 aliphatic heterocycles. The molecule has 0 aromatic carbocycles. The van der Waals surface area contributed by atoms with Crippen molar-refractivity contribution in [3.05, 3.63) is 0 Å². The third-order valence-corrected chi connectivity index (χ3v) is 5.03. The molecule has 5 nitrogen and oxygen atoms in total. The molecule has 1 N–H and O–H groups in total. The van der Waals surface area contributed by atoms with E-state index >= 15 is 0 Å². The number of hydrogen-bond donors (Lipinski definition) is 1. The molecule has 0 amide bonds. The van der Waals surface area contributed by atoms with Gasteiger partial charge in [-0.3, -0.25) is 0 Å². The number of hydrogen-bond acceptors (Lipinski definition) is 5. The summed E-state index contributed by atoms with van der Waals surface area (Å²) in [6.45, 7) is 0. The first-order valence-electron chi connectivity index (χ1n) is 7.39. The average molecular weight is 268 g/mol. The summed E-state index contributed by atoms with van der Waals surface area (Å²) in [5.41, 5.74) is -1.34. The van der Waals surface area contributed by atoms with Crippen LogP contribution in [0.1, 0.15) is 51.4 Å². The van der Waals surface area contributed by atoms with Crippen LogP contribution in [0.5, 0.6) is 0 Å². The molecule has 4 rings (SSSR count). The summed E-state index contributed by atoms with van der Waals surface area (Å²) < 4.78 is 17.6. The second-order valence-corrected chi connectivity index (χ2v) is 6.45. The van der Waals surface area contributed by atoms with Gasteiger partial charge in [0.2, 0.25) is 0 Å². The van der Waals surface area contributed by atoms with Crippen molar-refractivity contribution in [1.29, 1.82) is 0 Å². The van der Waals surface area contributed by atoms with Crippen molar-refractivity contribution in [2.75, 3.05) is 0 Å². The van der Waals surface area contributed by atoms with Gasteiger partial charge >= 0.3 is 5.97 Å². The van der Waals surface area contributed by atoms with Gasteiger partial charge < -0.3 is 19.3 Å². The lowest BCUT2D eigenvalue weighted by Gasteiger charge is -2.29. The number of fused-ring (bicyclic) bond motifs is 4. The molecule has 4 aliphatic rings. The van der Waals surface area contributed by atoms with Gasteiger partial charge in [0.1, 0.15) is 12.2 Å². The van der Waals surface area contributed by atoms with E-state index in [1.807, 2.05) is 0 Å². The second-order valence-electron chi connectivity index (χ2n) is 6.45. The van der Waals surface area contributed by atoms with Crippen LogP contribution in [0, 0.1) is 0 Å². The van der Waals surface area contributed by atoms with E-state index < -0.39 is 17.4 Å². The Hall–Kier alpha value is -0.650. The molecule has 0 radical (unpaired) electrons. The summed E-state index contributed by atoms with van der Waals surface area (Å²) in [7, 11) is 0. The molecule has 4 atom stereocenters. The first kappa shape index (κ1) is 12.1. The zero-order valence-electron chi connectivity index (χ0n) is 11.0. The van der Waals surface area contributed by atoms with Crippen LogP contribution in [0.15, 0.2) is 0 Å². The highest BCUT2D eigenvalue weighted by Crippen LogP contribution is 2.49. The lowest BCUT2D eigenvalue weighted by Crippen LogP contribution is -2.47. The second kappa shape index (κ2) is 3.93. The van der Waals surface area contributed by atoms with Crippen LogP contribution in [0.2, 0.25) is 0 Å². The van der Waals surface area contributed by atoms with Crippen LogP contribution in [0.4, 0.5) is 0 Å². The fourth-order valence-electron chi connectivity index (χ4n) is 4.06. The quantitative estimate of drug-likeness (QED) is 0.670. The molecular formula is C14H20O5. The van der Waals surface area contributed by atoms with E-state index in [1.54, 1.807) is 0 Å². The Bertz CT molecular complexity index is 401. The molecule has 19 heavy (non-hydrogen) atoms. The molecule has 2 bridgehead atoms. The molecule has 2 aliphatic carbocycles. The third-order valence-electron chi connectivity index (χ3n) is 5.03. The monoisotopic (exact) mass is 268 g/mol. The van der Waals surface area contributed by atoms with Crippen LogP contribution in [-0.4, -0.2) is 40.8 Å². The van der Waals surface area contributed by atoms with Gasteiger partial charge in [-0.25, -0.2) is 4.79 Å². The van der Waals surface area contributed by atoms with Gasteiger partial charge in [0.15, 0.2) is 11.4 Å². The molecule has 2 heterocycles. The van der Waals surface area contributed by atoms with Gasteiger partial charge in [0.25, 0.3) is 0 Å². The molecular weight excluding hydrogens is 248 g/mol. The Balaban J connectivity index is 1.58. The number of esters is 1. The third kappa shape index (κ3) is 1.75. The Morgan fingerprint density at radius 1 is 1.00 bits per heavy atom. The Morgan fingerprint density at radius 3 is 2.42 bits per heavy atom. The van der Waals surface area contributed by atoms with Crippen LogP contribution >= 0.6 is 0 Å². The van der Waals surface area contributed by atoms with Crippen molar-refractivity contribution < 1.29 is 24.1 Å². The van der Waals surface area contributed by atoms with E-state index in [4.69, 9.17) is 14.2 Å². The summed E-state index contributed by atoms with van der Waals surface area (Å²) in [6, 6.07) is 0. The van der Waals surface area contributed by atoms with Gasteiger partial charge in [0, 0.05) is 25.7 Å². The summed E-state index contributed by atoms with van der Waals surface area (Å²) >= 11 is 0. The molecule has 106 valence electrons. The zero-order chi connectivity index (χ0) is 13.1. The van der Waals surface area contributed by atoms with E-state index in [1.165, 1.54) is 12.8 Å². The molecule has 5 heteroatoms. The average Bonchev–Trinajstić information content (AvgIpc) is 2.71. The molecule has 0 aromatic heterocycles. The number of carbonyl (C=O) groups is 1. The summed E-state index contributed by atoms with van der Waals surface area (Å²) in [6.07, 6.45) is 6.47. The highest BCUT2D eigenvalue weighted by molar-refractivity contribution is 5.82. The highest BCUT2D eigenvalue weighted by atomic mass is 16.8. The Morgan fingerprint density at radius 2 is 1.68 bits per heavy atom. The van der Waals surface area contributed by atoms with Crippen molar-refractivity contribution in [1.82, 2.24) is 0 Å². The topological polar surface area (TPSA) is 65.0 Å². The van der Waals surface area contributed by atoms with Gasteiger partial charge in [-0.2, -0.15) is 0 Å². The van der Waals surface area contributed by atoms with E-state index in [0.717, 1.165) is 25.7 Å². The van der Waals surface area contributed by atoms with Crippen molar-refractivity contribution in [2.45, 2.75) is 81.1 Å². The Labute approximate surface area is 112 Å². The fraction of sp³-hybridized carbons (Fsp3) is 0.929. The van der Waals surface area contributed by atoms with E-state index in [9.17, 15) is 9.90 Å². The van der Waals surface area contributed by atoms with E-state index in [2.05, 4.69) is 0 Å². The maximum absolute atomic E-state index is 11.6. The first-order chi connectivity index (χ1) is 9.10. The number of rotatable bonds is 0. The number of carbonyl (C=O) groups excluding carboxylic acids is 1. The standard InChI is InChI=1S/C14H20O5/c15-12-13(16)7-9(17-12)11-10(8-13)18-14(19-11)5-3-1-2-4-6-14/h9-11,16H,1-8H2/t9-,10-,11-,13+/m0/s1. The van der Waals surface area contributed by atoms with Crippen molar-refractivity contribution in [3.8, 4) is 0 Å². The smallest absolute Gasteiger partial charge is 0.338 e. The van der Waals surface area contributed by atoms with Crippen LogP contribution in [-0.2, 0) is 19.0 Å². The molecule has 4 fully saturated rings. The fourth-order valence-corrected chi connectivity index (χ4v) is 4.06. The minimum atomic E-state index is -1.34. The number of ether oxygens (including phenoxy) is 3. The maximum atomic E-state index is 11.6. The predicted octanol–water partition coefficient (Wildman–Crippen LogP) is 1.27. The van der Waals surface area contributed by atoms with Crippen LogP contribution in [0.25, 0.3) is 0 Å². The van der Waals surface area contributed by atoms with E-state index in [-0.39, 0.29) is 18.3 Å². The van der Waals surface area contributed by atoms with Gasteiger partial charge in [-0.1, -0.05) is 12.8 Å². The summed E-state index contributed by atoms with van der Waals surface area (Å²) in [4.78, 5) is 11.6. The highest BCUT2D eigenvalue weighted by Gasteiger charge is 2.63. The largest absolute Gasteiger partial charge is 0.457 e. The van der Waals surface area contributed by atoms with Crippen molar-refractivity contribution >= 4 is 5.97 Å². The normalized spacial score (nSPS) is 47.8. The molecule has 1 spiro atoms. The molecule has 2 saturated heterocycles. The molecule has 0 aromatic rings. The minimum Gasteiger partial charge on any atom is -0.457 e. The lowest BCUT2D eigenvalue weighted by molar-refractivity contribution is -0.195. The lowest BCUT2D eigenvalue weighted by atomic mass is 9.82. The van der Waals surface area contributed by atoms with Crippen molar-refractivity contribution in [3.63, 3.8) is 0 Å². The zero-order valence-corrected chi connectivity index (χ0v) is 11.0.